The highest BCUT2D eigenvalue weighted by Gasteiger charge is 2.06. The van der Waals surface area contributed by atoms with Crippen molar-refractivity contribution in [3.05, 3.63) is 37.2 Å². The highest BCUT2D eigenvalue weighted by molar-refractivity contribution is 5.37. The molecule has 3 heterocycles. The standard InChI is InChI=1S/C12H15N9/c1-13-10-17-11(15-5-8-21-6-2-3-16-21)19-12(18-10)20-7-4-14-9-20/h2-4,6-7,9H,5,8H2,1H3,(H2,13,15,17,18,19). The summed E-state index contributed by atoms with van der Waals surface area (Å²) in [5, 5.41) is 10.2. The molecule has 0 atom stereocenters. The van der Waals surface area contributed by atoms with Gasteiger partial charge < -0.3 is 10.6 Å². The zero-order valence-electron chi connectivity index (χ0n) is 11.5. The summed E-state index contributed by atoms with van der Waals surface area (Å²) in [5.41, 5.74) is 0. The molecule has 3 rings (SSSR count). The van der Waals surface area contributed by atoms with Gasteiger partial charge in [-0.2, -0.15) is 20.1 Å². The molecule has 9 nitrogen and oxygen atoms in total. The van der Waals surface area contributed by atoms with Crippen LogP contribution in [0.5, 0.6) is 0 Å². The minimum atomic E-state index is 0.496. The van der Waals surface area contributed by atoms with Crippen LogP contribution in [0.25, 0.3) is 5.95 Å². The first-order valence-corrected chi connectivity index (χ1v) is 6.48. The van der Waals surface area contributed by atoms with E-state index in [0.717, 1.165) is 6.54 Å². The second kappa shape index (κ2) is 5.99. The topological polar surface area (TPSA) is 98.4 Å². The Kier molecular flexibility index (Phi) is 3.72. The molecule has 0 radical (unpaired) electrons. The summed E-state index contributed by atoms with van der Waals surface area (Å²) in [5.74, 6) is 1.51. The van der Waals surface area contributed by atoms with Gasteiger partial charge in [0.25, 0.3) is 0 Å². The molecule has 2 N–H and O–H groups in total. The third kappa shape index (κ3) is 3.14. The van der Waals surface area contributed by atoms with E-state index >= 15 is 0 Å². The molecule has 0 spiro atoms. The van der Waals surface area contributed by atoms with Gasteiger partial charge in [-0.15, -0.1) is 0 Å². The zero-order chi connectivity index (χ0) is 14.5. The van der Waals surface area contributed by atoms with Crippen molar-refractivity contribution in [2.24, 2.45) is 0 Å². The molecule has 0 fully saturated rings. The van der Waals surface area contributed by atoms with Crippen LogP contribution in [0, 0.1) is 0 Å². The SMILES string of the molecule is CNc1nc(NCCn2cccn2)nc(-n2ccnc2)n1. The summed E-state index contributed by atoms with van der Waals surface area (Å²) < 4.78 is 3.56. The largest absolute Gasteiger partial charge is 0.357 e. The van der Waals surface area contributed by atoms with Gasteiger partial charge in [0.2, 0.25) is 17.8 Å². The maximum absolute atomic E-state index is 4.36. The maximum atomic E-state index is 4.36. The van der Waals surface area contributed by atoms with Crippen molar-refractivity contribution in [3.8, 4) is 5.95 Å². The van der Waals surface area contributed by atoms with E-state index in [1.165, 1.54) is 0 Å². The lowest BCUT2D eigenvalue weighted by Crippen LogP contribution is -2.15. The molecular formula is C12H15N9. The van der Waals surface area contributed by atoms with E-state index in [0.29, 0.717) is 24.4 Å². The summed E-state index contributed by atoms with van der Waals surface area (Å²) in [6.45, 7) is 1.40. The van der Waals surface area contributed by atoms with Crippen molar-refractivity contribution < 1.29 is 0 Å². The van der Waals surface area contributed by atoms with Crippen LogP contribution >= 0.6 is 0 Å². The Morgan fingerprint density at radius 1 is 1.10 bits per heavy atom. The van der Waals surface area contributed by atoms with Gasteiger partial charge in [0.1, 0.15) is 6.33 Å². The zero-order valence-corrected chi connectivity index (χ0v) is 11.5. The normalized spacial score (nSPS) is 10.5. The lowest BCUT2D eigenvalue weighted by atomic mass is 10.6. The van der Waals surface area contributed by atoms with E-state index in [1.54, 1.807) is 36.5 Å². The average molecular weight is 285 g/mol. The molecule has 3 aromatic rings. The third-order valence-electron chi connectivity index (χ3n) is 2.77. The molecule has 0 saturated heterocycles. The van der Waals surface area contributed by atoms with Crippen LogP contribution in [0.1, 0.15) is 0 Å². The quantitative estimate of drug-likeness (QED) is 0.676. The van der Waals surface area contributed by atoms with Gasteiger partial charge >= 0.3 is 0 Å². The Bertz CT molecular complexity index is 675. The predicted octanol–water partition coefficient (Wildman–Crippen LogP) is 0.408. The molecule has 108 valence electrons. The van der Waals surface area contributed by atoms with Crippen LogP contribution in [-0.2, 0) is 6.54 Å². The molecule has 0 unspecified atom stereocenters. The molecule has 9 heteroatoms. The second-order valence-electron chi connectivity index (χ2n) is 4.20. The monoisotopic (exact) mass is 285 g/mol. The fourth-order valence-corrected chi connectivity index (χ4v) is 1.76. The number of nitrogens with zero attached hydrogens (tertiary/aromatic N) is 7. The smallest absolute Gasteiger partial charge is 0.241 e. The van der Waals surface area contributed by atoms with E-state index in [-0.39, 0.29) is 0 Å². The number of nitrogens with one attached hydrogen (secondary N) is 2. The van der Waals surface area contributed by atoms with Crippen LogP contribution in [0.3, 0.4) is 0 Å². The fraction of sp³-hybridized carbons (Fsp3) is 0.250. The summed E-state index contributed by atoms with van der Waals surface area (Å²) in [6.07, 6.45) is 8.75. The molecule has 0 amide bonds. The number of hydrogen-bond donors (Lipinski definition) is 2. The maximum Gasteiger partial charge on any atom is 0.241 e. The number of hydrogen-bond acceptors (Lipinski definition) is 7. The third-order valence-corrected chi connectivity index (χ3v) is 2.77. The highest BCUT2D eigenvalue weighted by Crippen LogP contribution is 2.08. The first-order chi connectivity index (χ1) is 10.3. The van der Waals surface area contributed by atoms with Crippen molar-refractivity contribution in [1.29, 1.82) is 0 Å². The lowest BCUT2D eigenvalue weighted by molar-refractivity contribution is 0.635. The van der Waals surface area contributed by atoms with Gasteiger partial charge in [0, 0.05) is 38.4 Å². The molecule has 0 aliphatic heterocycles. The first kappa shape index (κ1) is 13.0. The van der Waals surface area contributed by atoms with Crippen molar-refractivity contribution in [3.63, 3.8) is 0 Å². The van der Waals surface area contributed by atoms with Gasteiger partial charge in [-0.1, -0.05) is 0 Å². The Hall–Kier alpha value is -2.97. The summed E-state index contributed by atoms with van der Waals surface area (Å²) in [7, 11) is 1.76. The fourth-order valence-electron chi connectivity index (χ4n) is 1.76. The summed E-state index contributed by atoms with van der Waals surface area (Å²) in [4.78, 5) is 16.9. The van der Waals surface area contributed by atoms with Crippen LogP contribution < -0.4 is 10.6 Å². The van der Waals surface area contributed by atoms with Gasteiger partial charge in [-0.25, -0.2) is 4.98 Å². The molecule has 0 bridgehead atoms. The Labute approximate surface area is 121 Å². The molecular weight excluding hydrogens is 270 g/mol. The number of rotatable bonds is 6. The van der Waals surface area contributed by atoms with Gasteiger partial charge in [0.05, 0.1) is 6.54 Å². The number of anilines is 2. The number of aromatic nitrogens is 7. The van der Waals surface area contributed by atoms with Crippen molar-refractivity contribution in [1.82, 2.24) is 34.3 Å². The summed E-state index contributed by atoms with van der Waals surface area (Å²) >= 11 is 0. The average Bonchev–Trinajstić information content (AvgIpc) is 3.20. The molecule has 0 aliphatic rings. The van der Waals surface area contributed by atoms with Crippen molar-refractivity contribution >= 4 is 11.9 Å². The minimum absolute atomic E-state index is 0.496. The molecule has 0 aliphatic carbocycles. The van der Waals surface area contributed by atoms with Crippen LogP contribution in [0.15, 0.2) is 37.2 Å². The first-order valence-electron chi connectivity index (χ1n) is 6.48. The van der Waals surface area contributed by atoms with Crippen LogP contribution in [0.2, 0.25) is 0 Å². The molecule has 3 aromatic heterocycles. The predicted molar refractivity (Wildman–Crippen MR) is 77.2 cm³/mol. The molecule has 0 saturated carbocycles. The molecule has 0 aromatic carbocycles. The number of imidazole rings is 1. The van der Waals surface area contributed by atoms with Crippen LogP contribution in [0.4, 0.5) is 11.9 Å². The Morgan fingerprint density at radius 2 is 2.00 bits per heavy atom. The Balaban J connectivity index is 1.73. The van der Waals surface area contributed by atoms with E-state index in [4.69, 9.17) is 0 Å². The minimum Gasteiger partial charge on any atom is -0.357 e. The second-order valence-corrected chi connectivity index (χ2v) is 4.20. The van der Waals surface area contributed by atoms with Crippen molar-refractivity contribution in [2.75, 3.05) is 24.2 Å². The van der Waals surface area contributed by atoms with E-state index in [1.807, 2.05) is 16.9 Å². The van der Waals surface area contributed by atoms with E-state index in [2.05, 4.69) is 35.7 Å². The highest BCUT2D eigenvalue weighted by atomic mass is 15.3. The lowest BCUT2D eigenvalue weighted by Gasteiger charge is -2.08. The Morgan fingerprint density at radius 3 is 2.71 bits per heavy atom. The molecule has 21 heavy (non-hydrogen) atoms. The summed E-state index contributed by atoms with van der Waals surface area (Å²) in [6, 6.07) is 1.89. The van der Waals surface area contributed by atoms with E-state index < -0.39 is 0 Å². The van der Waals surface area contributed by atoms with E-state index in [9.17, 15) is 0 Å². The van der Waals surface area contributed by atoms with Gasteiger partial charge in [-0.3, -0.25) is 9.25 Å². The van der Waals surface area contributed by atoms with Crippen molar-refractivity contribution in [2.45, 2.75) is 6.54 Å². The van der Waals surface area contributed by atoms with Gasteiger partial charge in [-0.05, 0) is 6.07 Å². The van der Waals surface area contributed by atoms with Crippen LogP contribution in [-0.4, -0.2) is 47.9 Å². The van der Waals surface area contributed by atoms with Gasteiger partial charge in [0.15, 0.2) is 0 Å².